The van der Waals surface area contributed by atoms with E-state index < -0.39 is 0 Å². The van der Waals surface area contributed by atoms with Crippen LogP contribution in [0.4, 0.5) is 0 Å². The molecule has 3 heteroatoms. The summed E-state index contributed by atoms with van der Waals surface area (Å²) in [4.78, 5) is 0. The molecule has 0 aliphatic carbocycles. The van der Waals surface area contributed by atoms with Crippen molar-refractivity contribution in [3.05, 3.63) is 0 Å². The monoisotopic (exact) mass is 136 g/mol. The standard InChI is InChI=1S/C5H9ClO2/c6-2-1-4-5(3-7)8-4/h4-5,7H,1-3H2. The predicted molar refractivity (Wildman–Crippen MR) is 31.1 cm³/mol. The molecule has 0 spiro atoms. The Balaban J connectivity index is 1.99. The van der Waals surface area contributed by atoms with E-state index in [1.54, 1.807) is 0 Å². The van der Waals surface area contributed by atoms with E-state index in [0.29, 0.717) is 5.88 Å². The molecule has 0 bridgehead atoms. The smallest absolute Gasteiger partial charge is 0.107 e. The fourth-order valence-corrected chi connectivity index (χ4v) is 0.916. The van der Waals surface area contributed by atoms with Crippen molar-refractivity contribution >= 4 is 11.6 Å². The molecular weight excluding hydrogens is 128 g/mol. The predicted octanol–water partition coefficient (Wildman–Crippen LogP) is 0.375. The van der Waals surface area contributed by atoms with Gasteiger partial charge in [-0.25, -0.2) is 0 Å². The zero-order valence-corrected chi connectivity index (χ0v) is 5.27. The molecule has 1 fully saturated rings. The van der Waals surface area contributed by atoms with Crippen LogP contribution in [0, 0.1) is 0 Å². The van der Waals surface area contributed by atoms with Crippen molar-refractivity contribution in [2.75, 3.05) is 12.5 Å². The minimum absolute atomic E-state index is 0.0914. The molecule has 0 amide bonds. The fourth-order valence-electron chi connectivity index (χ4n) is 0.701. The first-order valence-corrected chi connectivity index (χ1v) is 3.24. The van der Waals surface area contributed by atoms with Crippen LogP contribution < -0.4 is 0 Å². The molecule has 1 rings (SSSR count). The van der Waals surface area contributed by atoms with E-state index in [0.717, 1.165) is 6.42 Å². The molecular formula is C5H9ClO2. The van der Waals surface area contributed by atoms with Crippen molar-refractivity contribution in [1.29, 1.82) is 0 Å². The molecule has 1 aliphatic rings. The van der Waals surface area contributed by atoms with Crippen LogP contribution in [0.1, 0.15) is 6.42 Å². The number of aliphatic hydroxyl groups is 1. The third-order valence-corrected chi connectivity index (χ3v) is 1.48. The van der Waals surface area contributed by atoms with Crippen LogP contribution in [0.25, 0.3) is 0 Å². The van der Waals surface area contributed by atoms with Crippen LogP contribution in [-0.4, -0.2) is 29.8 Å². The molecule has 1 N–H and O–H groups in total. The Morgan fingerprint density at radius 3 is 2.62 bits per heavy atom. The van der Waals surface area contributed by atoms with Gasteiger partial charge < -0.3 is 9.84 Å². The zero-order chi connectivity index (χ0) is 5.98. The highest BCUT2D eigenvalue weighted by atomic mass is 35.5. The minimum Gasteiger partial charge on any atom is -0.394 e. The highest BCUT2D eigenvalue weighted by molar-refractivity contribution is 6.17. The van der Waals surface area contributed by atoms with Gasteiger partial charge in [-0.2, -0.15) is 0 Å². The maximum absolute atomic E-state index is 8.43. The number of hydrogen-bond donors (Lipinski definition) is 1. The largest absolute Gasteiger partial charge is 0.394 e. The molecule has 2 unspecified atom stereocenters. The van der Waals surface area contributed by atoms with E-state index in [2.05, 4.69) is 0 Å². The first-order chi connectivity index (χ1) is 3.88. The summed E-state index contributed by atoms with van der Waals surface area (Å²) < 4.78 is 4.97. The summed E-state index contributed by atoms with van der Waals surface area (Å²) in [5.41, 5.74) is 0. The van der Waals surface area contributed by atoms with Gasteiger partial charge in [0.15, 0.2) is 0 Å². The van der Waals surface area contributed by atoms with E-state index >= 15 is 0 Å². The Labute approximate surface area is 53.4 Å². The lowest BCUT2D eigenvalue weighted by Gasteiger charge is -1.82. The molecule has 0 aromatic heterocycles. The fraction of sp³-hybridized carbons (Fsp3) is 1.00. The van der Waals surface area contributed by atoms with Gasteiger partial charge in [0.25, 0.3) is 0 Å². The normalized spacial score (nSPS) is 35.2. The van der Waals surface area contributed by atoms with Gasteiger partial charge in [0.1, 0.15) is 6.10 Å². The Hall–Kier alpha value is 0.210. The molecule has 2 atom stereocenters. The Morgan fingerprint density at radius 1 is 1.50 bits per heavy atom. The topological polar surface area (TPSA) is 32.8 Å². The lowest BCUT2D eigenvalue weighted by atomic mass is 10.3. The van der Waals surface area contributed by atoms with Gasteiger partial charge in [-0.05, 0) is 6.42 Å². The number of rotatable bonds is 3. The molecule has 0 aromatic carbocycles. The van der Waals surface area contributed by atoms with E-state index in [1.165, 1.54) is 0 Å². The van der Waals surface area contributed by atoms with E-state index in [1.807, 2.05) is 0 Å². The summed E-state index contributed by atoms with van der Waals surface area (Å²) in [6.07, 6.45) is 1.21. The second-order valence-electron chi connectivity index (χ2n) is 1.87. The number of alkyl halides is 1. The number of epoxide rings is 1. The number of hydrogen-bond acceptors (Lipinski definition) is 2. The average molecular weight is 137 g/mol. The van der Waals surface area contributed by atoms with E-state index in [-0.39, 0.29) is 18.8 Å². The lowest BCUT2D eigenvalue weighted by Crippen LogP contribution is -1.98. The van der Waals surface area contributed by atoms with E-state index in [9.17, 15) is 0 Å². The van der Waals surface area contributed by atoms with Crippen LogP contribution in [0.15, 0.2) is 0 Å². The van der Waals surface area contributed by atoms with Gasteiger partial charge in [-0.15, -0.1) is 11.6 Å². The van der Waals surface area contributed by atoms with Crippen molar-refractivity contribution in [2.24, 2.45) is 0 Å². The van der Waals surface area contributed by atoms with Crippen molar-refractivity contribution in [1.82, 2.24) is 0 Å². The van der Waals surface area contributed by atoms with Gasteiger partial charge in [0.05, 0.1) is 12.7 Å². The Morgan fingerprint density at radius 2 is 2.25 bits per heavy atom. The van der Waals surface area contributed by atoms with Gasteiger partial charge in [0.2, 0.25) is 0 Å². The number of halogens is 1. The molecule has 0 aromatic rings. The molecule has 8 heavy (non-hydrogen) atoms. The van der Waals surface area contributed by atoms with Crippen LogP contribution in [0.3, 0.4) is 0 Å². The van der Waals surface area contributed by atoms with Gasteiger partial charge in [-0.3, -0.25) is 0 Å². The molecule has 48 valence electrons. The second-order valence-corrected chi connectivity index (χ2v) is 2.25. The Kier molecular flexibility index (Phi) is 2.11. The first-order valence-electron chi connectivity index (χ1n) is 2.70. The van der Waals surface area contributed by atoms with Crippen LogP contribution >= 0.6 is 11.6 Å². The molecule has 0 saturated carbocycles. The van der Waals surface area contributed by atoms with Gasteiger partial charge >= 0.3 is 0 Å². The van der Waals surface area contributed by atoms with Crippen molar-refractivity contribution in [3.63, 3.8) is 0 Å². The van der Waals surface area contributed by atoms with Crippen LogP contribution in [-0.2, 0) is 4.74 Å². The molecule has 2 nitrogen and oxygen atoms in total. The molecule has 1 aliphatic heterocycles. The maximum Gasteiger partial charge on any atom is 0.107 e. The van der Waals surface area contributed by atoms with Crippen LogP contribution in [0.5, 0.6) is 0 Å². The number of aliphatic hydroxyl groups excluding tert-OH is 1. The highest BCUT2D eigenvalue weighted by Crippen LogP contribution is 2.24. The lowest BCUT2D eigenvalue weighted by molar-refractivity contribution is 0.242. The summed E-state index contributed by atoms with van der Waals surface area (Å²) in [7, 11) is 0. The van der Waals surface area contributed by atoms with Crippen molar-refractivity contribution < 1.29 is 9.84 Å². The summed E-state index contributed by atoms with van der Waals surface area (Å²) in [5, 5.41) is 8.43. The van der Waals surface area contributed by atoms with Crippen molar-refractivity contribution in [3.8, 4) is 0 Å². The summed E-state index contributed by atoms with van der Waals surface area (Å²) in [5.74, 6) is 0.626. The SMILES string of the molecule is OCC1OC1CCCl. The average Bonchev–Trinajstić information content (AvgIpc) is 2.48. The summed E-state index contributed by atoms with van der Waals surface area (Å²) in [6.45, 7) is 0.140. The summed E-state index contributed by atoms with van der Waals surface area (Å²) in [6, 6.07) is 0. The molecule has 1 saturated heterocycles. The Bertz CT molecular complexity index is 76.8. The maximum atomic E-state index is 8.43. The second kappa shape index (κ2) is 2.67. The third kappa shape index (κ3) is 1.34. The minimum atomic E-state index is 0.0914. The first kappa shape index (κ1) is 6.33. The van der Waals surface area contributed by atoms with Crippen LogP contribution in [0.2, 0.25) is 0 Å². The van der Waals surface area contributed by atoms with Crippen molar-refractivity contribution in [2.45, 2.75) is 18.6 Å². The quantitative estimate of drug-likeness (QED) is 0.449. The third-order valence-electron chi connectivity index (χ3n) is 1.26. The summed E-state index contributed by atoms with van der Waals surface area (Å²) >= 11 is 5.40. The van der Waals surface area contributed by atoms with Gasteiger partial charge in [-0.1, -0.05) is 0 Å². The highest BCUT2D eigenvalue weighted by Gasteiger charge is 2.36. The molecule has 1 heterocycles. The molecule has 0 radical (unpaired) electrons. The van der Waals surface area contributed by atoms with E-state index in [4.69, 9.17) is 21.4 Å². The number of ether oxygens (including phenoxy) is 1. The van der Waals surface area contributed by atoms with Gasteiger partial charge in [0, 0.05) is 5.88 Å². The zero-order valence-electron chi connectivity index (χ0n) is 4.51.